The molecule has 20 heavy (non-hydrogen) atoms. The predicted octanol–water partition coefficient (Wildman–Crippen LogP) is 2.04. The minimum atomic E-state index is -1.63. The summed E-state index contributed by atoms with van der Waals surface area (Å²) >= 11 is 5.70. The lowest BCUT2D eigenvalue weighted by Crippen LogP contribution is -2.14. The van der Waals surface area contributed by atoms with E-state index in [2.05, 4.69) is 0 Å². The highest BCUT2D eigenvalue weighted by atomic mass is 35.5. The van der Waals surface area contributed by atoms with Crippen LogP contribution in [0.4, 0.5) is 0 Å². The third kappa shape index (κ3) is 4.51. The first-order valence-electron chi connectivity index (χ1n) is 6.23. The summed E-state index contributed by atoms with van der Waals surface area (Å²) in [5.74, 6) is -1.48. The van der Waals surface area contributed by atoms with Gasteiger partial charge in [0.25, 0.3) is 0 Å². The Kier molecular flexibility index (Phi) is 6.48. The zero-order valence-corrected chi connectivity index (χ0v) is 11.9. The van der Waals surface area contributed by atoms with Crippen LogP contribution in [0.5, 0.6) is 0 Å². The van der Waals surface area contributed by atoms with E-state index >= 15 is 0 Å². The van der Waals surface area contributed by atoms with Crippen LogP contribution in [0.1, 0.15) is 36.1 Å². The van der Waals surface area contributed by atoms with Crippen molar-refractivity contribution in [2.24, 2.45) is 0 Å². The maximum Gasteiger partial charge on any atom is 0.337 e. The number of ether oxygens (including phenoxy) is 1. The van der Waals surface area contributed by atoms with Crippen molar-refractivity contribution in [2.75, 3.05) is 6.61 Å². The molecular formula is C14H17ClO5. The van der Waals surface area contributed by atoms with Gasteiger partial charge in [-0.3, -0.25) is 4.79 Å². The van der Waals surface area contributed by atoms with E-state index in [-0.39, 0.29) is 23.8 Å². The number of carboxylic acids is 1. The number of aliphatic hydroxyl groups excluding tert-OH is 1. The molecule has 0 radical (unpaired) electrons. The summed E-state index contributed by atoms with van der Waals surface area (Å²) in [7, 11) is 0. The minimum Gasteiger partial charge on any atom is -0.479 e. The van der Waals surface area contributed by atoms with Gasteiger partial charge in [0.1, 0.15) is 0 Å². The molecule has 0 aliphatic carbocycles. The first-order chi connectivity index (χ1) is 9.49. The Bertz CT molecular complexity index is 486. The molecule has 0 saturated carbocycles. The molecule has 1 unspecified atom stereocenters. The molecular weight excluding hydrogens is 284 g/mol. The number of benzene rings is 1. The number of hydrogen-bond acceptors (Lipinski definition) is 4. The number of rotatable bonds is 7. The molecule has 1 rings (SSSR count). The largest absolute Gasteiger partial charge is 0.479 e. The molecule has 0 aromatic heterocycles. The lowest BCUT2D eigenvalue weighted by molar-refractivity contribution is -0.147. The summed E-state index contributed by atoms with van der Waals surface area (Å²) in [4.78, 5) is 22.2. The number of aliphatic carboxylic acids is 1. The number of carbonyl (C=O) groups is 2. The molecule has 1 aromatic carbocycles. The number of esters is 1. The van der Waals surface area contributed by atoms with Crippen LogP contribution < -0.4 is 0 Å². The first kappa shape index (κ1) is 16.5. The molecule has 110 valence electrons. The molecule has 1 aromatic rings. The van der Waals surface area contributed by atoms with Gasteiger partial charge in [0.2, 0.25) is 0 Å². The van der Waals surface area contributed by atoms with Crippen molar-refractivity contribution in [1.82, 2.24) is 0 Å². The summed E-state index contributed by atoms with van der Waals surface area (Å²) in [6.45, 7) is 2.02. The monoisotopic (exact) mass is 300 g/mol. The number of hydrogen-bond donors (Lipinski definition) is 2. The molecule has 0 bridgehead atoms. The first-order valence-corrected chi connectivity index (χ1v) is 6.77. The normalized spacial score (nSPS) is 11.9. The Morgan fingerprint density at radius 2 is 2.10 bits per heavy atom. The highest BCUT2D eigenvalue weighted by Gasteiger charge is 2.20. The zero-order chi connectivity index (χ0) is 15.1. The minimum absolute atomic E-state index is 0.132. The van der Waals surface area contributed by atoms with E-state index in [1.165, 1.54) is 0 Å². The van der Waals surface area contributed by atoms with Crippen LogP contribution in [-0.2, 0) is 26.6 Å². The molecule has 0 amide bonds. The van der Waals surface area contributed by atoms with Crippen LogP contribution in [0.15, 0.2) is 18.2 Å². The van der Waals surface area contributed by atoms with Crippen LogP contribution in [0, 0.1) is 0 Å². The molecule has 0 heterocycles. The van der Waals surface area contributed by atoms with E-state index < -0.39 is 12.1 Å². The zero-order valence-electron chi connectivity index (χ0n) is 11.1. The van der Waals surface area contributed by atoms with E-state index in [1.807, 2.05) is 0 Å². The number of carboxylic acid groups (broad SMARTS) is 1. The van der Waals surface area contributed by atoms with E-state index in [9.17, 15) is 14.7 Å². The van der Waals surface area contributed by atoms with Gasteiger partial charge < -0.3 is 14.9 Å². The summed E-state index contributed by atoms with van der Waals surface area (Å²) in [5.41, 5.74) is 1.57. The van der Waals surface area contributed by atoms with Crippen LogP contribution in [0.2, 0.25) is 0 Å². The lowest BCUT2D eigenvalue weighted by Gasteiger charge is -2.13. The van der Waals surface area contributed by atoms with Gasteiger partial charge in [-0.25, -0.2) is 4.79 Å². The second-order valence-electron chi connectivity index (χ2n) is 4.21. The topological polar surface area (TPSA) is 83.8 Å². The second kappa shape index (κ2) is 7.87. The summed E-state index contributed by atoms with van der Waals surface area (Å²) in [6, 6.07) is 4.97. The molecule has 2 N–H and O–H groups in total. The lowest BCUT2D eigenvalue weighted by atomic mass is 9.96. The summed E-state index contributed by atoms with van der Waals surface area (Å²) < 4.78 is 4.82. The van der Waals surface area contributed by atoms with Crippen LogP contribution >= 0.6 is 11.6 Å². The van der Waals surface area contributed by atoms with E-state index in [4.69, 9.17) is 21.4 Å². The maximum atomic E-state index is 11.3. The van der Waals surface area contributed by atoms with Crippen molar-refractivity contribution < 1.29 is 24.5 Å². The van der Waals surface area contributed by atoms with Crippen molar-refractivity contribution >= 4 is 23.5 Å². The molecule has 0 spiro atoms. The molecule has 0 aliphatic rings. The van der Waals surface area contributed by atoms with Gasteiger partial charge in [0.05, 0.1) is 6.61 Å². The smallest absolute Gasteiger partial charge is 0.337 e. The summed E-state index contributed by atoms with van der Waals surface area (Å²) in [5, 5.41) is 18.6. The Morgan fingerprint density at radius 1 is 1.40 bits per heavy atom. The maximum absolute atomic E-state index is 11.3. The fraction of sp³-hybridized carbons (Fsp3) is 0.429. The second-order valence-corrected chi connectivity index (χ2v) is 4.48. The molecule has 1 atom stereocenters. The van der Waals surface area contributed by atoms with E-state index in [1.54, 1.807) is 25.1 Å². The van der Waals surface area contributed by atoms with Gasteiger partial charge in [-0.1, -0.05) is 18.2 Å². The average Bonchev–Trinajstić information content (AvgIpc) is 2.44. The van der Waals surface area contributed by atoms with Gasteiger partial charge >= 0.3 is 11.9 Å². The third-order valence-electron chi connectivity index (χ3n) is 2.80. The van der Waals surface area contributed by atoms with E-state index in [0.717, 1.165) is 0 Å². The fourth-order valence-corrected chi connectivity index (χ4v) is 1.98. The van der Waals surface area contributed by atoms with E-state index in [0.29, 0.717) is 24.2 Å². The predicted molar refractivity (Wildman–Crippen MR) is 73.5 cm³/mol. The number of aliphatic hydroxyl groups is 1. The van der Waals surface area contributed by atoms with Gasteiger partial charge in [-0.15, -0.1) is 11.6 Å². The van der Waals surface area contributed by atoms with Crippen molar-refractivity contribution in [2.45, 2.75) is 31.7 Å². The molecule has 0 fully saturated rings. The van der Waals surface area contributed by atoms with Crippen LogP contribution in [-0.4, -0.2) is 28.8 Å². The molecule has 0 saturated heterocycles. The van der Waals surface area contributed by atoms with Gasteiger partial charge in [-0.2, -0.15) is 0 Å². The van der Waals surface area contributed by atoms with Gasteiger partial charge in [0, 0.05) is 12.3 Å². The quantitative estimate of drug-likeness (QED) is 0.594. The van der Waals surface area contributed by atoms with Crippen LogP contribution in [0.3, 0.4) is 0 Å². The van der Waals surface area contributed by atoms with Crippen molar-refractivity contribution in [1.29, 1.82) is 0 Å². The molecule has 5 nitrogen and oxygen atoms in total. The summed E-state index contributed by atoms with van der Waals surface area (Å²) in [6.07, 6.45) is -1.19. The van der Waals surface area contributed by atoms with Gasteiger partial charge in [0.15, 0.2) is 6.10 Å². The standard InChI is InChI=1S/C14H17ClO5/c1-2-20-12(16)6-5-10-4-3-9(8-15)7-11(10)13(17)14(18)19/h3-4,7,13,17H,2,5-6,8H2,1H3,(H,18,19). The molecule has 6 heteroatoms. The highest BCUT2D eigenvalue weighted by molar-refractivity contribution is 6.17. The fourth-order valence-electron chi connectivity index (χ4n) is 1.81. The highest BCUT2D eigenvalue weighted by Crippen LogP contribution is 2.22. The Hall–Kier alpha value is -1.59. The van der Waals surface area contributed by atoms with Crippen molar-refractivity contribution in [3.63, 3.8) is 0 Å². The number of aryl methyl sites for hydroxylation is 1. The third-order valence-corrected chi connectivity index (χ3v) is 3.11. The Labute approximate surface area is 122 Å². The SMILES string of the molecule is CCOC(=O)CCc1ccc(CCl)cc1C(O)C(=O)O. The molecule has 0 aliphatic heterocycles. The average molecular weight is 301 g/mol. The van der Waals surface area contributed by atoms with Crippen molar-refractivity contribution in [3.05, 3.63) is 34.9 Å². The number of alkyl halides is 1. The number of halogens is 1. The number of carbonyl (C=O) groups excluding carboxylic acids is 1. The van der Waals surface area contributed by atoms with Crippen LogP contribution in [0.25, 0.3) is 0 Å². The van der Waals surface area contributed by atoms with Gasteiger partial charge in [-0.05, 0) is 30.0 Å². The van der Waals surface area contributed by atoms with Crippen molar-refractivity contribution in [3.8, 4) is 0 Å². The Morgan fingerprint density at radius 3 is 2.65 bits per heavy atom. The Balaban J connectivity index is 2.93.